The topological polar surface area (TPSA) is 61.7 Å². The predicted molar refractivity (Wildman–Crippen MR) is 68.6 cm³/mol. The second-order valence-electron chi connectivity index (χ2n) is 4.36. The van der Waals surface area contributed by atoms with Crippen molar-refractivity contribution in [2.75, 3.05) is 5.32 Å². The molecule has 0 fully saturated rings. The van der Waals surface area contributed by atoms with E-state index in [-0.39, 0.29) is 17.5 Å². The third kappa shape index (κ3) is 3.06. The van der Waals surface area contributed by atoms with Crippen molar-refractivity contribution in [2.45, 2.75) is 27.7 Å². The number of nitrogens with one attached hydrogen (secondary N) is 1. The Morgan fingerprint density at radius 3 is 2.24 bits per heavy atom. The van der Waals surface area contributed by atoms with Gasteiger partial charge in [0, 0.05) is 11.6 Å². The van der Waals surface area contributed by atoms with E-state index in [1.54, 1.807) is 13.8 Å². The molecular weight excluding hydrogens is 216 g/mol. The minimum Gasteiger partial charge on any atom is -0.410 e. The van der Waals surface area contributed by atoms with Gasteiger partial charge in [-0.2, -0.15) is 0 Å². The van der Waals surface area contributed by atoms with Crippen molar-refractivity contribution >= 4 is 17.3 Å². The Balaban J connectivity index is 2.96. The van der Waals surface area contributed by atoms with Crippen molar-refractivity contribution in [3.05, 3.63) is 29.3 Å². The molecule has 1 amide bonds. The predicted octanol–water partition coefficient (Wildman–Crippen LogP) is 2.73. The zero-order valence-corrected chi connectivity index (χ0v) is 10.6. The largest absolute Gasteiger partial charge is 0.410 e. The minimum absolute atomic E-state index is 0.121. The highest BCUT2D eigenvalue weighted by Gasteiger charge is 2.17. The highest BCUT2D eigenvalue weighted by atomic mass is 16.4. The van der Waals surface area contributed by atoms with E-state index in [1.165, 1.54) is 0 Å². The zero-order chi connectivity index (χ0) is 13.0. The van der Waals surface area contributed by atoms with Crippen LogP contribution in [0.25, 0.3) is 0 Å². The van der Waals surface area contributed by atoms with Gasteiger partial charge in [0.15, 0.2) is 0 Å². The molecule has 0 radical (unpaired) electrons. The SMILES string of the molecule is Cc1cccc(C)c1NC(=O)/C(=N/O)C(C)C. The van der Waals surface area contributed by atoms with Crippen molar-refractivity contribution < 1.29 is 10.0 Å². The quantitative estimate of drug-likeness (QED) is 0.480. The van der Waals surface area contributed by atoms with Gasteiger partial charge < -0.3 is 10.5 Å². The molecule has 0 unspecified atom stereocenters. The van der Waals surface area contributed by atoms with Gasteiger partial charge in [0.25, 0.3) is 5.91 Å². The lowest BCUT2D eigenvalue weighted by Crippen LogP contribution is -2.27. The average molecular weight is 234 g/mol. The molecule has 1 aromatic rings. The van der Waals surface area contributed by atoms with Gasteiger partial charge >= 0.3 is 0 Å². The van der Waals surface area contributed by atoms with Crippen LogP contribution in [0.4, 0.5) is 5.69 Å². The lowest BCUT2D eigenvalue weighted by atomic mass is 10.1. The second-order valence-corrected chi connectivity index (χ2v) is 4.36. The molecule has 1 rings (SSSR count). The molecule has 1 aromatic carbocycles. The lowest BCUT2D eigenvalue weighted by molar-refractivity contribution is -0.110. The van der Waals surface area contributed by atoms with Crippen LogP contribution in [-0.4, -0.2) is 16.8 Å². The van der Waals surface area contributed by atoms with Crippen LogP contribution in [0, 0.1) is 19.8 Å². The maximum absolute atomic E-state index is 11.9. The summed E-state index contributed by atoms with van der Waals surface area (Å²) < 4.78 is 0. The monoisotopic (exact) mass is 234 g/mol. The number of nitrogens with zero attached hydrogens (tertiary/aromatic N) is 1. The van der Waals surface area contributed by atoms with E-state index in [2.05, 4.69) is 10.5 Å². The molecule has 0 aliphatic heterocycles. The molecule has 0 aliphatic carbocycles. The number of hydrogen-bond acceptors (Lipinski definition) is 3. The van der Waals surface area contributed by atoms with Gasteiger partial charge in [-0.05, 0) is 25.0 Å². The number of amides is 1. The number of oxime groups is 1. The van der Waals surface area contributed by atoms with Crippen LogP contribution in [0.3, 0.4) is 0 Å². The fourth-order valence-electron chi connectivity index (χ4n) is 1.61. The number of hydrogen-bond donors (Lipinski definition) is 2. The number of rotatable bonds is 3. The molecule has 0 aliphatic rings. The molecule has 0 heterocycles. The molecule has 17 heavy (non-hydrogen) atoms. The lowest BCUT2D eigenvalue weighted by Gasteiger charge is -2.13. The van der Waals surface area contributed by atoms with E-state index < -0.39 is 0 Å². The Labute approximate surface area is 101 Å². The Bertz CT molecular complexity index is 430. The normalized spacial score (nSPS) is 11.7. The number of anilines is 1. The van der Waals surface area contributed by atoms with Gasteiger partial charge in [-0.15, -0.1) is 0 Å². The highest BCUT2D eigenvalue weighted by molar-refractivity contribution is 6.43. The van der Waals surface area contributed by atoms with Crippen LogP contribution in [0.5, 0.6) is 0 Å². The van der Waals surface area contributed by atoms with Gasteiger partial charge in [0.1, 0.15) is 5.71 Å². The Kier molecular flexibility index (Phi) is 4.26. The first-order valence-corrected chi connectivity index (χ1v) is 5.57. The van der Waals surface area contributed by atoms with E-state index in [1.807, 2.05) is 32.0 Å². The number of benzene rings is 1. The maximum atomic E-state index is 11.9. The fourth-order valence-corrected chi connectivity index (χ4v) is 1.61. The van der Waals surface area contributed by atoms with E-state index >= 15 is 0 Å². The van der Waals surface area contributed by atoms with Crippen molar-refractivity contribution in [2.24, 2.45) is 11.1 Å². The summed E-state index contributed by atoms with van der Waals surface area (Å²) in [6.07, 6.45) is 0. The molecule has 92 valence electrons. The first-order chi connectivity index (χ1) is 7.97. The zero-order valence-electron chi connectivity index (χ0n) is 10.6. The number of aryl methyl sites for hydroxylation is 2. The van der Waals surface area contributed by atoms with Crippen LogP contribution in [0.15, 0.2) is 23.4 Å². The minimum atomic E-state index is -0.361. The number of para-hydroxylation sites is 1. The van der Waals surface area contributed by atoms with E-state index in [4.69, 9.17) is 5.21 Å². The van der Waals surface area contributed by atoms with Gasteiger partial charge in [-0.3, -0.25) is 4.79 Å². The van der Waals surface area contributed by atoms with E-state index in [0.29, 0.717) is 0 Å². The van der Waals surface area contributed by atoms with Crippen molar-refractivity contribution in [1.29, 1.82) is 0 Å². The standard InChI is InChI=1S/C13H18N2O2/c1-8(2)11(15-17)13(16)14-12-9(3)6-5-7-10(12)4/h5-8,17H,1-4H3,(H,14,16)/b15-11+. The fraction of sp³-hybridized carbons (Fsp3) is 0.385. The summed E-state index contributed by atoms with van der Waals surface area (Å²) in [6.45, 7) is 7.46. The van der Waals surface area contributed by atoms with Crippen molar-refractivity contribution in [3.8, 4) is 0 Å². The first kappa shape index (κ1) is 13.2. The summed E-state index contributed by atoms with van der Waals surface area (Å²) in [6, 6.07) is 5.78. The second kappa shape index (κ2) is 5.48. The first-order valence-electron chi connectivity index (χ1n) is 5.57. The average Bonchev–Trinajstić information content (AvgIpc) is 2.24. The van der Waals surface area contributed by atoms with E-state index in [9.17, 15) is 4.79 Å². The molecule has 0 atom stereocenters. The molecule has 0 saturated heterocycles. The molecular formula is C13H18N2O2. The maximum Gasteiger partial charge on any atom is 0.273 e. The third-order valence-electron chi connectivity index (χ3n) is 2.61. The van der Waals surface area contributed by atoms with Crippen LogP contribution < -0.4 is 5.32 Å². The summed E-state index contributed by atoms with van der Waals surface area (Å²) >= 11 is 0. The summed E-state index contributed by atoms with van der Waals surface area (Å²) in [5.74, 6) is -0.482. The Hall–Kier alpha value is -1.84. The number of carbonyl (C=O) groups is 1. The van der Waals surface area contributed by atoms with Crippen molar-refractivity contribution in [1.82, 2.24) is 0 Å². The summed E-state index contributed by atoms with van der Waals surface area (Å²) in [7, 11) is 0. The van der Waals surface area contributed by atoms with Gasteiger partial charge in [0.05, 0.1) is 0 Å². The van der Waals surface area contributed by atoms with Gasteiger partial charge in [0.2, 0.25) is 0 Å². The van der Waals surface area contributed by atoms with E-state index in [0.717, 1.165) is 16.8 Å². The van der Waals surface area contributed by atoms with Crippen LogP contribution in [-0.2, 0) is 4.79 Å². The smallest absolute Gasteiger partial charge is 0.273 e. The molecule has 2 N–H and O–H groups in total. The summed E-state index contributed by atoms with van der Waals surface area (Å²) in [5.41, 5.74) is 2.88. The highest BCUT2D eigenvalue weighted by Crippen LogP contribution is 2.19. The van der Waals surface area contributed by atoms with Gasteiger partial charge in [-0.25, -0.2) is 0 Å². The van der Waals surface area contributed by atoms with Crippen LogP contribution in [0.1, 0.15) is 25.0 Å². The molecule has 4 nitrogen and oxygen atoms in total. The summed E-state index contributed by atoms with van der Waals surface area (Å²) in [4.78, 5) is 11.9. The molecule has 0 spiro atoms. The van der Waals surface area contributed by atoms with Crippen molar-refractivity contribution in [3.63, 3.8) is 0 Å². The molecule has 0 saturated carbocycles. The molecule has 4 heteroatoms. The molecule has 0 bridgehead atoms. The van der Waals surface area contributed by atoms with Gasteiger partial charge in [-0.1, -0.05) is 37.2 Å². The Morgan fingerprint density at radius 2 is 1.82 bits per heavy atom. The summed E-state index contributed by atoms with van der Waals surface area (Å²) in [5, 5.41) is 14.6. The van der Waals surface area contributed by atoms with Crippen LogP contribution in [0.2, 0.25) is 0 Å². The van der Waals surface area contributed by atoms with Crippen LogP contribution >= 0.6 is 0 Å². The Morgan fingerprint density at radius 1 is 1.29 bits per heavy atom. The molecule has 0 aromatic heterocycles. The third-order valence-corrected chi connectivity index (χ3v) is 2.61. The number of carbonyl (C=O) groups excluding carboxylic acids is 1.